The van der Waals surface area contributed by atoms with Gasteiger partial charge in [-0.25, -0.2) is 0 Å². The number of hydrogen-bond acceptors (Lipinski definition) is 4. The van der Waals surface area contributed by atoms with E-state index < -0.39 is 0 Å². The molecule has 0 bridgehead atoms. The highest BCUT2D eigenvalue weighted by Gasteiger charge is 2.16. The van der Waals surface area contributed by atoms with Gasteiger partial charge in [-0.2, -0.15) is 0 Å². The number of para-hydroxylation sites is 1. The van der Waals surface area contributed by atoms with E-state index in [9.17, 15) is 4.79 Å². The third kappa shape index (κ3) is 4.37. The quantitative estimate of drug-likeness (QED) is 0.619. The Bertz CT molecular complexity index is 703. The highest BCUT2D eigenvalue weighted by molar-refractivity contribution is 5.99. The molecule has 1 saturated heterocycles. The standard InChI is InChI=1S/C20H27N3O2/c1-16-14-19(17(2)23(16)18-6-4-3-5-7-18)20(24)15-21-8-9-22-10-12-25-13-11-22/h3-7,14,21H,8-13,15H2,1-2H3. The summed E-state index contributed by atoms with van der Waals surface area (Å²) in [5.74, 6) is 0.150. The first-order chi connectivity index (χ1) is 12.2. The second-order valence-electron chi connectivity index (χ2n) is 6.51. The SMILES string of the molecule is Cc1cc(C(=O)CNCCN2CCOCC2)c(C)n1-c1ccccc1. The van der Waals surface area contributed by atoms with Crippen LogP contribution in [0.4, 0.5) is 0 Å². The van der Waals surface area contributed by atoms with Gasteiger partial charge in [0, 0.05) is 48.8 Å². The molecule has 5 nitrogen and oxygen atoms in total. The van der Waals surface area contributed by atoms with Gasteiger partial charge in [0.15, 0.2) is 5.78 Å². The maximum atomic E-state index is 12.6. The molecule has 0 amide bonds. The molecule has 1 aliphatic heterocycles. The highest BCUT2D eigenvalue weighted by atomic mass is 16.5. The first kappa shape index (κ1) is 17.9. The molecule has 5 heteroatoms. The molecule has 0 aliphatic carbocycles. The molecule has 0 saturated carbocycles. The van der Waals surface area contributed by atoms with Crippen LogP contribution in [-0.4, -0.2) is 61.2 Å². The highest BCUT2D eigenvalue weighted by Crippen LogP contribution is 2.20. The summed E-state index contributed by atoms with van der Waals surface area (Å²) in [5, 5.41) is 3.29. The molecule has 1 aromatic carbocycles. The number of hydrogen-bond donors (Lipinski definition) is 1. The fraction of sp³-hybridized carbons (Fsp3) is 0.450. The van der Waals surface area contributed by atoms with Crippen molar-refractivity contribution in [2.45, 2.75) is 13.8 Å². The van der Waals surface area contributed by atoms with Gasteiger partial charge < -0.3 is 14.6 Å². The van der Waals surface area contributed by atoms with Crippen LogP contribution in [0.2, 0.25) is 0 Å². The predicted octanol–water partition coefficient (Wildman–Crippen LogP) is 2.20. The molecule has 0 radical (unpaired) electrons. The predicted molar refractivity (Wildman–Crippen MR) is 99.7 cm³/mol. The maximum absolute atomic E-state index is 12.6. The van der Waals surface area contributed by atoms with E-state index in [4.69, 9.17) is 4.74 Å². The largest absolute Gasteiger partial charge is 0.379 e. The molecule has 2 aromatic rings. The van der Waals surface area contributed by atoms with Crippen molar-refractivity contribution < 1.29 is 9.53 Å². The van der Waals surface area contributed by atoms with Crippen molar-refractivity contribution in [3.05, 3.63) is 53.3 Å². The van der Waals surface area contributed by atoms with Gasteiger partial charge in [-0.05, 0) is 32.0 Å². The molecular formula is C20H27N3O2. The molecule has 0 atom stereocenters. The van der Waals surface area contributed by atoms with Crippen LogP contribution in [0.15, 0.2) is 36.4 Å². The third-order valence-corrected chi connectivity index (χ3v) is 4.74. The van der Waals surface area contributed by atoms with Crippen molar-refractivity contribution in [1.82, 2.24) is 14.8 Å². The summed E-state index contributed by atoms with van der Waals surface area (Å²) in [7, 11) is 0. The van der Waals surface area contributed by atoms with Gasteiger partial charge in [0.05, 0.1) is 19.8 Å². The number of benzene rings is 1. The number of carbonyl (C=O) groups excluding carboxylic acids is 1. The molecule has 1 fully saturated rings. The second kappa shape index (κ2) is 8.43. The van der Waals surface area contributed by atoms with E-state index in [1.54, 1.807) is 0 Å². The van der Waals surface area contributed by atoms with Crippen LogP contribution in [0.3, 0.4) is 0 Å². The van der Waals surface area contributed by atoms with Crippen molar-refractivity contribution in [2.75, 3.05) is 45.9 Å². The van der Waals surface area contributed by atoms with Gasteiger partial charge in [0.2, 0.25) is 0 Å². The molecule has 134 valence electrons. The van der Waals surface area contributed by atoms with E-state index >= 15 is 0 Å². The van der Waals surface area contributed by atoms with Crippen LogP contribution in [0.25, 0.3) is 5.69 Å². The van der Waals surface area contributed by atoms with Crippen LogP contribution in [0, 0.1) is 13.8 Å². The van der Waals surface area contributed by atoms with Crippen LogP contribution < -0.4 is 5.32 Å². The van der Waals surface area contributed by atoms with Crippen molar-refractivity contribution >= 4 is 5.78 Å². The Hall–Kier alpha value is -1.95. The van der Waals surface area contributed by atoms with Crippen LogP contribution in [0.1, 0.15) is 21.7 Å². The fourth-order valence-corrected chi connectivity index (χ4v) is 3.38. The first-order valence-corrected chi connectivity index (χ1v) is 8.95. The van der Waals surface area contributed by atoms with Crippen LogP contribution in [0.5, 0.6) is 0 Å². The zero-order chi connectivity index (χ0) is 17.6. The summed E-state index contributed by atoms with van der Waals surface area (Å²) >= 11 is 0. The molecule has 25 heavy (non-hydrogen) atoms. The van der Waals surface area contributed by atoms with Crippen molar-refractivity contribution in [3.8, 4) is 5.69 Å². The lowest BCUT2D eigenvalue weighted by Crippen LogP contribution is -2.41. The van der Waals surface area contributed by atoms with E-state index in [1.165, 1.54) is 0 Å². The summed E-state index contributed by atoms with van der Waals surface area (Å²) in [6, 6.07) is 12.2. The summed E-state index contributed by atoms with van der Waals surface area (Å²) in [4.78, 5) is 15.0. The van der Waals surface area contributed by atoms with E-state index in [1.807, 2.05) is 38.1 Å². The van der Waals surface area contributed by atoms with Crippen molar-refractivity contribution in [1.29, 1.82) is 0 Å². The van der Waals surface area contributed by atoms with Crippen molar-refractivity contribution in [3.63, 3.8) is 0 Å². The van der Waals surface area contributed by atoms with Gasteiger partial charge in [-0.3, -0.25) is 9.69 Å². The third-order valence-electron chi connectivity index (χ3n) is 4.74. The van der Waals surface area contributed by atoms with E-state index in [-0.39, 0.29) is 5.78 Å². The van der Waals surface area contributed by atoms with Crippen LogP contribution in [-0.2, 0) is 4.74 Å². The number of carbonyl (C=O) groups is 1. The van der Waals surface area contributed by atoms with Gasteiger partial charge in [0.25, 0.3) is 0 Å². The molecule has 3 rings (SSSR count). The molecule has 2 heterocycles. The number of ether oxygens (including phenoxy) is 1. The number of aryl methyl sites for hydroxylation is 1. The van der Waals surface area contributed by atoms with Crippen LogP contribution >= 0.6 is 0 Å². The first-order valence-electron chi connectivity index (χ1n) is 8.95. The molecule has 1 aliphatic rings. The van der Waals surface area contributed by atoms with Gasteiger partial charge in [-0.1, -0.05) is 18.2 Å². The number of ketones is 1. The zero-order valence-electron chi connectivity index (χ0n) is 15.1. The normalized spacial score (nSPS) is 15.4. The zero-order valence-corrected chi connectivity index (χ0v) is 15.1. The number of nitrogens with one attached hydrogen (secondary N) is 1. The minimum Gasteiger partial charge on any atom is -0.379 e. The van der Waals surface area contributed by atoms with Gasteiger partial charge >= 0.3 is 0 Å². The Balaban J connectivity index is 1.57. The summed E-state index contributed by atoms with van der Waals surface area (Å²) in [6.07, 6.45) is 0. The van der Waals surface area contributed by atoms with Crippen molar-refractivity contribution in [2.24, 2.45) is 0 Å². The Labute approximate surface area is 149 Å². The average molecular weight is 341 g/mol. The average Bonchev–Trinajstić information content (AvgIpc) is 2.94. The van der Waals surface area contributed by atoms with Gasteiger partial charge in [0.1, 0.15) is 0 Å². The number of Topliss-reactive ketones (excluding diaryl/α,β-unsaturated/α-hetero) is 1. The Morgan fingerprint density at radius 2 is 1.88 bits per heavy atom. The lowest BCUT2D eigenvalue weighted by molar-refractivity contribution is 0.0384. The van der Waals surface area contributed by atoms with E-state index in [2.05, 4.69) is 26.9 Å². The van der Waals surface area contributed by atoms with Gasteiger partial charge in [-0.15, -0.1) is 0 Å². The Morgan fingerprint density at radius 1 is 1.16 bits per heavy atom. The summed E-state index contributed by atoms with van der Waals surface area (Å²) in [6.45, 7) is 9.80. The lowest BCUT2D eigenvalue weighted by Gasteiger charge is -2.26. The number of nitrogens with zero attached hydrogens (tertiary/aromatic N) is 2. The minimum absolute atomic E-state index is 0.150. The molecule has 1 N–H and O–H groups in total. The maximum Gasteiger partial charge on any atom is 0.178 e. The van der Waals surface area contributed by atoms with E-state index in [0.29, 0.717) is 6.54 Å². The lowest BCUT2D eigenvalue weighted by atomic mass is 10.1. The summed E-state index contributed by atoms with van der Waals surface area (Å²) < 4.78 is 7.49. The molecule has 0 spiro atoms. The fourth-order valence-electron chi connectivity index (χ4n) is 3.38. The molecule has 0 unspecified atom stereocenters. The monoisotopic (exact) mass is 341 g/mol. The number of aromatic nitrogens is 1. The smallest absolute Gasteiger partial charge is 0.178 e. The van der Waals surface area contributed by atoms with E-state index in [0.717, 1.165) is 62.0 Å². The summed E-state index contributed by atoms with van der Waals surface area (Å²) in [5.41, 5.74) is 3.99. The molecular weight excluding hydrogens is 314 g/mol. The number of morpholine rings is 1. The minimum atomic E-state index is 0.150. The Kier molecular flexibility index (Phi) is 6.02. The topological polar surface area (TPSA) is 46.5 Å². The second-order valence-corrected chi connectivity index (χ2v) is 6.51. The Morgan fingerprint density at radius 3 is 2.60 bits per heavy atom. The molecule has 1 aromatic heterocycles. The number of rotatable bonds is 7.